The van der Waals surface area contributed by atoms with Gasteiger partial charge in [0.1, 0.15) is 0 Å². The molecule has 0 amide bonds. The van der Waals surface area contributed by atoms with Crippen LogP contribution in [0.3, 0.4) is 0 Å². The standard InChI is InChI=1S/C13H11Br2N/c14-11-6-10(7-12(15)8-11)13(16)9-4-2-1-3-5-9/h1-8,13H,16H2. The molecule has 16 heavy (non-hydrogen) atoms. The Labute approximate surface area is 112 Å². The van der Waals surface area contributed by atoms with Gasteiger partial charge >= 0.3 is 0 Å². The Morgan fingerprint density at radius 2 is 1.38 bits per heavy atom. The van der Waals surface area contributed by atoms with Gasteiger partial charge in [-0.05, 0) is 29.3 Å². The Balaban J connectivity index is 2.37. The molecule has 2 N–H and O–H groups in total. The van der Waals surface area contributed by atoms with Crippen molar-refractivity contribution in [2.45, 2.75) is 6.04 Å². The molecule has 2 aromatic rings. The van der Waals surface area contributed by atoms with Gasteiger partial charge in [0.05, 0.1) is 6.04 Å². The fourth-order valence-electron chi connectivity index (χ4n) is 1.61. The van der Waals surface area contributed by atoms with Crippen LogP contribution in [0.5, 0.6) is 0 Å². The average molecular weight is 341 g/mol. The van der Waals surface area contributed by atoms with Crippen LogP contribution in [0.1, 0.15) is 17.2 Å². The highest BCUT2D eigenvalue weighted by atomic mass is 79.9. The molecule has 0 bridgehead atoms. The zero-order valence-corrected chi connectivity index (χ0v) is 11.7. The molecule has 0 spiro atoms. The van der Waals surface area contributed by atoms with Crippen LogP contribution in [0.4, 0.5) is 0 Å². The predicted octanol–water partition coefficient (Wildman–Crippen LogP) is 4.26. The fraction of sp³-hybridized carbons (Fsp3) is 0.0769. The van der Waals surface area contributed by atoms with Crippen LogP contribution in [-0.4, -0.2) is 0 Å². The van der Waals surface area contributed by atoms with Crippen LogP contribution in [0, 0.1) is 0 Å². The molecule has 0 fully saturated rings. The Bertz CT molecular complexity index is 462. The van der Waals surface area contributed by atoms with E-state index < -0.39 is 0 Å². The lowest BCUT2D eigenvalue weighted by Crippen LogP contribution is -2.11. The van der Waals surface area contributed by atoms with Gasteiger partial charge in [-0.1, -0.05) is 62.2 Å². The molecule has 3 heteroatoms. The fourth-order valence-corrected chi connectivity index (χ4v) is 2.94. The molecule has 0 aromatic heterocycles. The first-order valence-corrected chi connectivity index (χ1v) is 6.52. The number of nitrogens with two attached hydrogens (primary N) is 1. The number of hydrogen-bond donors (Lipinski definition) is 1. The molecule has 1 atom stereocenters. The van der Waals surface area contributed by atoms with Crippen LogP contribution in [0.2, 0.25) is 0 Å². The maximum absolute atomic E-state index is 6.21. The molecule has 0 aliphatic rings. The maximum atomic E-state index is 6.21. The van der Waals surface area contributed by atoms with Crippen molar-refractivity contribution >= 4 is 31.9 Å². The van der Waals surface area contributed by atoms with E-state index in [1.807, 2.05) is 48.5 Å². The van der Waals surface area contributed by atoms with E-state index in [2.05, 4.69) is 31.9 Å². The molecule has 0 heterocycles. The summed E-state index contributed by atoms with van der Waals surface area (Å²) in [5, 5.41) is 0. The van der Waals surface area contributed by atoms with E-state index in [-0.39, 0.29) is 6.04 Å². The lowest BCUT2D eigenvalue weighted by atomic mass is 10.00. The molecule has 0 saturated carbocycles. The molecule has 1 unspecified atom stereocenters. The summed E-state index contributed by atoms with van der Waals surface area (Å²) < 4.78 is 2.06. The summed E-state index contributed by atoms with van der Waals surface area (Å²) in [5.41, 5.74) is 8.42. The quantitative estimate of drug-likeness (QED) is 0.868. The molecule has 1 nitrogen and oxygen atoms in total. The second kappa shape index (κ2) is 5.13. The molecule has 82 valence electrons. The van der Waals surface area contributed by atoms with Crippen LogP contribution < -0.4 is 5.73 Å². The van der Waals surface area contributed by atoms with Crippen molar-refractivity contribution in [2.75, 3.05) is 0 Å². The van der Waals surface area contributed by atoms with Crippen LogP contribution in [0.15, 0.2) is 57.5 Å². The van der Waals surface area contributed by atoms with Gasteiger partial charge < -0.3 is 5.73 Å². The minimum atomic E-state index is -0.0880. The monoisotopic (exact) mass is 339 g/mol. The Morgan fingerprint density at radius 1 is 0.812 bits per heavy atom. The molecule has 0 aliphatic carbocycles. The Kier molecular flexibility index (Phi) is 3.79. The maximum Gasteiger partial charge on any atom is 0.0552 e. The first kappa shape index (κ1) is 11.8. The highest BCUT2D eigenvalue weighted by Gasteiger charge is 2.09. The first-order chi connectivity index (χ1) is 7.66. The number of benzene rings is 2. The van der Waals surface area contributed by atoms with Crippen LogP contribution in [-0.2, 0) is 0 Å². The van der Waals surface area contributed by atoms with Crippen molar-refractivity contribution in [3.8, 4) is 0 Å². The minimum Gasteiger partial charge on any atom is -0.320 e. The summed E-state index contributed by atoms with van der Waals surface area (Å²) in [6, 6.07) is 16.1. The lowest BCUT2D eigenvalue weighted by molar-refractivity contribution is 0.869. The molecular formula is C13H11Br2N. The average Bonchev–Trinajstić information content (AvgIpc) is 2.28. The topological polar surface area (TPSA) is 26.0 Å². The van der Waals surface area contributed by atoms with Gasteiger partial charge in [-0.2, -0.15) is 0 Å². The normalized spacial score (nSPS) is 12.4. The van der Waals surface area contributed by atoms with Crippen molar-refractivity contribution in [3.63, 3.8) is 0 Å². The largest absolute Gasteiger partial charge is 0.320 e. The predicted molar refractivity (Wildman–Crippen MR) is 74.3 cm³/mol. The first-order valence-electron chi connectivity index (χ1n) is 4.93. The van der Waals surface area contributed by atoms with E-state index in [1.54, 1.807) is 0 Å². The van der Waals surface area contributed by atoms with Gasteiger partial charge in [-0.3, -0.25) is 0 Å². The van der Waals surface area contributed by atoms with Crippen molar-refractivity contribution < 1.29 is 0 Å². The Hall–Kier alpha value is -0.640. The SMILES string of the molecule is NC(c1ccccc1)c1cc(Br)cc(Br)c1. The van der Waals surface area contributed by atoms with Crippen molar-refractivity contribution in [3.05, 3.63) is 68.6 Å². The van der Waals surface area contributed by atoms with Crippen molar-refractivity contribution in [2.24, 2.45) is 5.73 Å². The van der Waals surface area contributed by atoms with Crippen molar-refractivity contribution in [1.82, 2.24) is 0 Å². The van der Waals surface area contributed by atoms with E-state index in [1.165, 1.54) is 0 Å². The smallest absolute Gasteiger partial charge is 0.0552 e. The third-order valence-corrected chi connectivity index (χ3v) is 3.32. The van der Waals surface area contributed by atoms with Crippen LogP contribution in [0.25, 0.3) is 0 Å². The second-order valence-corrected chi connectivity index (χ2v) is 5.42. The highest BCUT2D eigenvalue weighted by molar-refractivity contribution is 9.11. The third kappa shape index (κ3) is 2.73. The molecule has 2 rings (SSSR count). The van der Waals surface area contributed by atoms with E-state index >= 15 is 0 Å². The number of rotatable bonds is 2. The van der Waals surface area contributed by atoms with Gasteiger partial charge in [0.15, 0.2) is 0 Å². The zero-order valence-electron chi connectivity index (χ0n) is 8.53. The Morgan fingerprint density at radius 3 is 1.94 bits per heavy atom. The summed E-state index contributed by atoms with van der Waals surface area (Å²) in [6.45, 7) is 0. The number of halogens is 2. The lowest BCUT2D eigenvalue weighted by Gasteiger charge is -2.13. The molecule has 0 radical (unpaired) electrons. The summed E-state index contributed by atoms with van der Waals surface area (Å²) in [5.74, 6) is 0. The summed E-state index contributed by atoms with van der Waals surface area (Å²) >= 11 is 6.94. The molecular weight excluding hydrogens is 330 g/mol. The molecule has 0 aliphatic heterocycles. The van der Waals surface area contributed by atoms with Crippen LogP contribution >= 0.6 is 31.9 Å². The molecule has 2 aromatic carbocycles. The van der Waals surface area contributed by atoms with Gasteiger partial charge in [0.25, 0.3) is 0 Å². The van der Waals surface area contributed by atoms with E-state index in [0.29, 0.717) is 0 Å². The van der Waals surface area contributed by atoms with Crippen molar-refractivity contribution in [1.29, 1.82) is 0 Å². The van der Waals surface area contributed by atoms with Gasteiger partial charge in [-0.15, -0.1) is 0 Å². The van der Waals surface area contributed by atoms with Gasteiger partial charge in [0, 0.05) is 8.95 Å². The zero-order chi connectivity index (χ0) is 11.5. The second-order valence-electron chi connectivity index (χ2n) is 3.59. The number of hydrogen-bond acceptors (Lipinski definition) is 1. The highest BCUT2D eigenvalue weighted by Crippen LogP contribution is 2.26. The van der Waals surface area contributed by atoms with E-state index in [4.69, 9.17) is 5.73 Å². The van der Waals surface area contributed by atoms with E-state index in [9.17, 15) is 0 Å². The minimum absolute atomic E-state index is 0.0880. The summed E-state index contributed by atoms with van der Waals surface area (Å²) in [6.07, 6.45) is 0. The van der Waals surface area contributed by atoms with E-state index in [0.717, 1.165) is 20.1 Å². The third-order valence-electron chi connectivity index (χ3n) is 2.40. The van der Waals surface area contributed by atoms with Gasteiger partial charge in [-0.25, -0.2) is 0 Å². The summed E-state index contributed by atoms with van der Waals surface area (Å²) in [7, 11) is 0. The molecule has 0 saturated heterocycles. The summed E-state index contributed by atoms with van der Waals surface area (Å²) in [4.78, 5) is 0. The van der Waals surface area contributed by atoms with Gasteiger partial charge in [0.2, 0.25) is 0 Å².